The average molecular weight is 451 g/mol. The van der Waals surface area contributed by atoms with Gasteiger partial charge >= 0.3 is 0 Å². The first-order valence-electron chi connectivity index (χ1n) is 11.1. The van der Waals surface area contributed by atoms with Gasteiger partial charge in [-0.3, -0.25) is 0 Å². The summed E-state index contributed by atoms with van der Waals surface area (Å²) in [5.74, 6) is 0. The van der Waals surface area contributed by atoms with Gasteiger partial charge in [0.05, 0.1) is 26.4 Å². The molecule has 1 aliphatic rings. The normalized spacial score (nSPS) is 25.1. The van der Waals surface area contributed by atoms with E-state index in [4.69, 9.17) is 18.9 Å². The van der Waals surface area contributed by atoms with E-state index in [1.165, 1.54) is 0 Å². The predicted molar refractivity (Wildman–Crippen MR) is 123 cm³/mol. The molecule has 5 atom stereocenters. The maximum absolute atomic E-state index is 11.1. The van der Waals surface area contributed by atoms with Crippen molar-refractivity contribution in [3.05, 3.63) is 108 Å². The van der Waals surface area contributed by atoms with Crippen molar-refractivity contribution in [3.63, 3.8) is 0 Å². The molecule has 3 aromatic carbocycles. The highest BCUT2D eigenvalue weighted by Gasteiger charge is 2.46. The summed E-state index contributed by atoms with van der Waals surface area (Å²) >= 11 is 0. The van der Waals surface area contributed by atoms with E-state index in [9.17, 15) is 10.2 Å². The van der Waals surface area contributed by atoms with Crippen molar-refractivity contribution in [2.24, 2.45) is 0 Å². The standard InChI is InChI=1S/C27H30O6/c28-24-25(31-17-21-12-6-2-7-13-21)23(19-30-16-20-10-4-1-5-11-20)33-27(29)26(24)32-18-22-14-8-3-9-15-22/h1-15,23-29H,16-19H2/t23-,24-,25+,26-,27-/m0/s1. The summed E-state index contributed by atoms with van der Waals surface area (Å²) in [7, 11) is 0. The van der Waals surface area contributed by atoms with Crippen LogP contribution >= 0.6 is 0 Å². The van der Waals surface area contributed by atoms with Gasteiger partial charge in [0.2, 0.25) is 0 Å². The Hall–Kier alpha value is -2.58. The molecule has 1 saturated heterocycles. The molecular formula is C27H30O6. The van der Waals surface area contributed by atoms with Crippen LogP contribution < -0.4 is 0 Å². The third-order valence-electron chi connectivity index (χ3n) is 5.60. The van der Waals surface area contributed by atoms with Crippen LogP contribution in [0.25, 0.3) is 0 Å². The molecule has 174 valence electrons. The summed E-state index contributed by atoms with van der Waals surface area (Å²) < 4.78 is 23.6. The van der Waals surface area contributed by atoms with Crippen LogP contribution in [-0.2, 0) is 38.8 Å². The van der Waals surface area contributed by atoms with Gasteiger partial charge in [0.25, 0.3) is 0 Å². The van der Waals surface area contributed by atoms with Gasteiger partial charge in [-0.05, 0) is 16.7 Å². The average Bonchev–Trinajstić information content (AvgIpc) is 2.85. The fraction of sp³-hybridized carbons (Fsp3) is 0.333. The van der Waals surface area contributed by atoms with Crippen molar-refractivity contribution in [1.29, 1.82) is 0 Å². The first-order chi connectivity index (χ1) is 16.2. The van der Waals surface area contributed by atoms with Crippen molar-refractivity contribution in [2.45, 2.75) is 50.5 Å². The molecule has 33 heavy (non-hydrogen) atoms. The second-order valence-corrected chi connectivity index (χ2v) is 8.08. The van der Waals surface area contributed by atoms with E-state index >= 15 is 0 Å². The summed E-state index contributed by atoms with van der Waals surface area (Å²) in [6.45, 7) is 1.09. The Labute approximate surface area is 194 Å². The van der Waals surface area contributed by atoms with Crippen molar-refractivity contribution < 1.29 is 29.2 Å². The van der Waals surface area contributed by atoms with Gasteiger partial charge in [-0.25, -0.2) is 0 Å². The number of hydrogen-bond acceptors (Lipinski definition) is 6. The molecule has 0 bridgehead atoms. The van der Waals surface area contributed by atoms with E-state index in [0.717, 1.165) is 16.7 Å². The Balaban J connectivity index is 1.41. The quantitative estimate of drug-likeness (QED) is 0.493. The van der Waals surface area contributed by atoms with Gasteiger partial charge in [-0.1, -0.05) is 91.0 Å². The zero-order valence-corrected chi connectivity index (χ0v) is 18.4. The van der Waals surface area contributed by atoms with E-state index in [1.807, 2.05) is 91.0 Å². The Morgan fingerprint density at radius 3 is 1.58 bits per heavy atom. The summed E-state index contributed by atoms with van der Waals surface area (Å²) in [5, 5.41) is 21.7. The fourth-order valence-corrected chi connectivity index (χ4v) is 3.83. The first-order valence-corrected chi connectivity index (χ1v) is 11.1. The smallest absolute Gasteiger partial charge is 0.184 e. The van der Waals surface area contributed by atoms with Crippen molar-refractivity contribution in [2.75, 3.05) is 6.61 Å². The van der Waals surface area contributed by atoms with Gasteiger partial charge < -0.3 is 29.2 Å². The second-order valence-electron chi connectivity index (χ2n) is 8.08. The van der Waals surface area contributed by atoms with E-state index in [2.05, 4.69) is 0 Å². The third kappa shape index (κ3) is 6.71. The monoisotopic (exact) mass is 450 g/mol. The molecule has 0 radical (unpaired) electrons. The van der Waals surface area contributed by atoms with Crippen LogP contribution in [0.15, 0.2) is 91.0 Å². The van der Waals surface area contributed by atoms with E-state index in [1.54, 1.807) is 0 Å². The summed E-state index contributed by atoms with van der Waals surface area (Å²) in [4.78, 5) is 0. The van der Waals surface area contributed by atoms with Gasteiger partial charge in [0, 0.05) is 0 Å². The lowest BCUT2D eigenvalue weighted by atomic mass is 9.98. The van der Waals surface area contributed by atoms with E-state index < -0.39 is 30.7 Å². The molecule has 2 N–H and O–H groups in total. The van der Waals surface area contributed by atoms with Gasteiger partial charge in [-0.2, -0.15) is 0 Å². The zero-order chi connectivity index (χ0) is 22.9. The number of benzene rings is 3. The number of aliphatic hydroxyl groups is 2. The minimum atomic E-state index is -1.30. The summed E-state index contributed by atoms with van der Waals surface area (Å²) in [5.41, 5.74) is 2.94. The van der Waals surface area contributed by atoms with E-state index in [0.29, 0.717) is 13.2 Å². The molecule has 6 heteroatoms. The van der Waals surface area contributed by atoms with Gasteiger partial charge in [-0.15, -0.1) is 0 Å². The lowest BCUT2D eigenvalue weighted by Crippen LogP contribution is -2.60. The van der Waals surface area contributed by atoms with Crippen molar-refractivity contribution in [3.8, 4) is 0 Å². The molecule has 1 fully saturated rings. The molecule has 3 aromatic rings. The van der Waals surface area contributed by atoms with Gasteiger partial charge in [0.15, 0.2) is 6.29 Å². The SMILES string of the molecule is O[C@H]1[C@H](OCc2ccccc2)[C@H](COCc2ccccc2)O[C@H](O)[C@H]1OCc1ccccc1. The third-order valence-corrected chi connectivity index (χ3v) is 5.60. The molecule has 0 aliphatic carbocycles. The predicted octanol–water partition coefficient (Wildman–Crippen LogP) is 3.45. The lowest BCUT2D eigenvalue weighted by molar-refractivity contribution is -0.308. The number of ether oxygens (including phenoxy) is 4. The molecule has 0 aromatic heterocycles. The summed E-state index contributed by atoms with van der Waals surface area (Å²) in [6, 6.07) is 29.1. The molecule has 1 heterocycles. The number of hydrogen-bond donors (Lipinski definition) is 2. The topological polar surface area (TPSA) is 77.4 Å². The summed E-state index contributed by atoms with van der Waals surface area (Å²) in [6.07, 6.45) is -4.72. The van der Waals surface area contributed by atoms with E-state index in [-0.39, 0.29) is 13.2 Å². The number of rotatable bonds is 10. The van der Waals surface area contributed by atoms with Crippen LogP contribution in [0.3, 0.4) is 0 Å². The van der Waals surface area contributed by atoms with Crippen LogP contribution in [0, 0.1) is 0 Å². The zero-order valence-electron chi connectivity index (χ0n) is 18.4. The Morgan fingerprint density at radius 2 is 1.06 bits per heavy atom. The molecular weight excluding hydrogens is 420 g/mol. The first kappa shape index (κ1) is 23.6. The highest BCUT2D eigenvalue weighted by atomic mass is 16.7. The van der Waals surface area contributed by atoms with Crippen LogP contribution in [-0.4, -0.2) is 47.5 Å². The molecule has 0 amide bonds. The van der Waals surface area contributed by atoms with Gasteiger partial charge in [0.1, 0.15) is 24.4 Å². The number of aliphatic hydroxyl groups excluding tert-OH is 2. The van der Waals surface area contributed by atoms with Crippen LogP contribution in [0.2, 0.25) is 0 Å². The Morgan fingerprint density at radius 1 is 0.606 bits per heavy atom. The lowest BCUT2D eigenvalue weighted by Gasteiger charge is -2.42. The Kier molecular flexibility index (Phi) is 8.60. The van der Waals surface area contributed by atoms with Crippen molar-refractivity contribution >= 4 is 0 Å². The minimum Gasteiger partial charge on any atom is -0.387 e. The second kappa shape index (κ2) is 12.0. The van der Waals surface area contributed by atoms with Crippen molar-refractivity contribution in [1.82, 2.24) is 0 Å². The van der Waals surface area contributed by atoms with Crippen LogP contribution in [0.4, 0.5) is 0 Å². The minimum absolute atomic E-state index is 0.161. The highest BCUT2D eigenvalue weighted by molar-refractivity contribution is 5.15. The maximum atomic E-state index is 11.1. The molecule has 6 nitrogen and oxygen atoms in total. The van der Waals surface area contributed by atoms with Crippen LogP contribution in [0.1, 0.15) is 16.7 Å². The molecule has 4 rings (SSSR count). The molecule has 0 unspecified atom stereocenters. The van der Waals surface area contributed by atoms with Crippen LogP contribution in [0.5, 0.6) is 0 Å². The molecule has 0 saturated carbocycles. The largest absolute Gasteiger partial charge is 0.387 e. The highest BCUT2D eigenvalue weighted by Crippen LogP contribution is 2.27. The maximum Gasteiger partial charge on any atom is 0.184 e. The Bertz CT molecular complexity index is 935. The molecule has 0 spiro atoms. The fourth-order valence-electron chi connectivity index (χ4n) is 3.83. The molecule has 1 aliphatic heterocycles.